The van der Waals surface area contributed by atoms with Gasteiger partial charge >= 0.3 is 12.1 Å². The molecule has 0 bridgehead atoms. The number of halogens is 3. The normalized spacial score (nSPS) is 24.4. The molecule has 15 nitrogen and oxygen atoms in total. The van der Waals surface area contributed by atoms with Crippen molar-refractivity contribution < 1.29 is 37.7 Å². The molecule has 0 aromatic carbocycles. The zero-order valence-corrected chi connectivity index (χ0v) is 25.0. The number of aliphatic hydroxyl groups excluding tert-OH is 2. The van der Waals surface area contributed by atoms with E-state index in [4.69, 9.17) is 14.7 Å². The summed E-state index contributed by atoms with van der Waals surface area (Å²) in [5.74, 6) is -2.29. The molecule has 1 unspecified atom stereocenters. The second-order valence-electron chi connectivity index (χ2n) is 11.5. The van der Waals surface area contributed by atoms with E-state index in [1.807, 2.05) is 19.0 Å². The Hall–Kier alpha value is -4.03. The predicted octanol–water partition coefficient (Wildman–Crippen LogP) is 0.380. The van der Waals surface area contributed by atoms with Gasteiger partial charge in [0, 0.05) is 38.2 Å². The van der Waals surface area contributed by atoms with Gasteiger partial charge in [0.15, 0.2) is 23.1 Å². The first-order chi connectivity index (χ1) is 21.4. The largest absolute Gasteiger partial charge is 0.490 e. The Morgan fingerprint density at radius 1 is 1.27 bits per heavy atom. The molecule has 6 atom stereocenters. The van der Waals surface area contributed by atoms with Gasteiger partial charge in [-0.1, -0.05) is 6.92 Å². The maximum Gasteiger partial charge on any atom is 0.490 e. The van der Waals surface area contributed by atoms with Crippen LogP contribution in [0, 0.1) is 0 Å². The number of ether oxygens (including phenoxy) is 1. The number of likely N-dealkylation sites (N-methyl/N-ethyl adjacent to an activating group) is 1. The molecule has 3 aromatic heterocycles. The summed E-state index contributed by atoms with van der Waals surface area (Å²) in [6.07, 6.45) is -2.86. The van der Waals surface area contributed by atoms with Crippen LogP contribution in [-0.2, 0) is 20.7 Å². The number of alkyl halides is 3. The number of rotatable bonds is 11. The molecule has 0 spiro atoms. The molecular formula is C27H37F3N10O5. The van der Waals surface area contributed by atoms with Crippen LogP contribution in [-0.4, -0.2) is 127 Å². The summed E-state index contributed by atoms with van der Waals surface area (Å²) >= 11 is 0. The Kier molecular flexibility index (Phi) is 9.45. The number of aliphatic hydroxyl groups is 2. The van der Waals surface area contributed by atoms with Gasteiger partial charge in [0.05, 0.1) is 43.1 Å². The van der Waals surface area contributed by atoms with E-state index < -0.39 is 48.4 Å². The molecule has 2 fully saturated rings. The fraction of sp³-hybridized carbons (Fsp3) is 0.630. The zero-order chi connectivity index (χ0) is 32.5. The van der Waals surface area contributed by atoms with Crippen molar-refractivity contribution in [3.05, 3.63) is 24.5 Å². The quantitative estimate of drug-likeness (QED) is 0.182. The number of fused-ring (bicyclic) bond motifs is 1. The highest BCUT2D eigenvalue weighted by Gasteiger charge is 2.51. The number of imidazole rings is 2. The number of anilines is 2. The topological polar surface area (TPSA) is 187 Å². The molecule has 3 aromatic rings. The number of hydrogen-bond donors (Lipinski definition) is 5. The molecule has 1 saturated heterocycles. The number of nitrogens with zero attached hydrogens (tertiary/aromatic N) is 7. The average molecular weight is 639 g/mol. The number of aromatic nitrogens is 6. The summed E-state index contributed by atoms with van der Waals surface area (Å²) in [7, 11) is 3.95. The Morgan fingerprint density at radius 3 is 2.67 bits per heavy atom. The minimum atomic E-state index is -5.30. The number of carbonyl (C=O) groups excluding carboxylic acids is 2. The van der Waals surface area contributed by atoms with Crippen molar-refractivity contribution >= 4 is 34.8 Å². The van der Waals surface area contributed by atoms with Gasteiger partial charge in [-0.3, -0.25) is 4.79 Å². The number of H-pyrrole nitrogens is 1. The molecule has 5 N–H and O–H groups in total. The zero-order valence-electron chi connectivity index (χ0n) is 25.0. The van der Waals surface area contributed by atoms with Gasteiger partial charge in [0.1, 0.15) is 6.10 Å². The molecular weight excluding hydrogens is 601 g/mol. The van der Waals surface area contributed by atoms with Gasteiger partial charge in [0.2, 0.25) is 11.9 Å². The van der Waals surface area contributed by atoms with E-state index in [-0.39, 0.29) is 42.5 Å². The molecule has 1 amide bonds. The molecule has 246 valence electrons. The van der Waals surface area contributed by atoms with Gasteiger partial charge in [-0.15, -0.1) is 0 Å². The number of esters is 1. The second kappa shape index (κ2) is 13.1. The van der Waals surface area contributed by atoms with Crippen LogP contribution in [0.3, 0.4) is 0 Å². The van der Waals surface area contributed by atoms with Crippen LogP contribution < -0.4 is 15.5 Å². The smallest absolute Gasteiger partial charge is 0.451 e. The van der Waals surface area contributed by atoms with Crippen LogP contribution >= 0.6 is 0 Å². The van der Waals surface area contributed by atoms with E-state index >= 15 is 0 Å². The van der Waals surface area contributed by atoms with Crippen molar-refractivity contribution in [1.82, 2.24) is 39.7 Å². The number of hydrogen-bond acceptors (Lipinski definition) is 12. The Balaban J connectivity index is 1.56. The first-order valence-electron chi connectivity index (χ1n) is 14.7. The fourth-order valence-corrected chi connectivity index (χ4v) is 5.80. The van der Waals surface area contributed by atoms with Gasteiger partial charge in [0.25, 0.3) is 0 Å². The van der Waals surface area contributed by atoms with Crippen LogP contribution in [0.25, 0.3) is 11.2 Å². The first kappa shape index (κ1) is 32.4. The first-order valence-corrected chi connectivity index (χ1v) is 14.7. The minimum Gasteiger partial charge on any atom is -0.451 e. The molecule has 1 aliphatic carbocycles. The Labute approximate surface area is 256 Å². The molecule has 5 rings (SSSR count). The van der Waals surface area contributed by atoms with E-state index in [1.54, 1.807) is 13.1 Å². The minimum absolute atomic E-state index is 0.0683. The molecule has 4 heterocycles. The standard InChI is InChI=1S/C27H37F3N10O5/c1-4-19(42)35-17-8-18(22(21(17)43)45-25(44)27(28,29)30)40-13-33-20-23(34-15(11-41)7-14-9-31-12-32-14)36-26(37-24(20)40)39-6-5-16(10-39)38(2)3/h9,12-13,15-18,21-22,41,43H,4-8,10-11H2,1-3H3,(H,31,32)(H,35,42)(H,34,36,37)/t15-,16+,17?,18+,21+,22-/m0/s1. The lowest BCUT2D eigenvalue weighted by Gasteiger charge is -2.25. The number of nitrogens with one attached hydrogen (secondary N) is 3. The second-order valence-corrected chi connectivity index (χ2v) is 11.5. The molecule has 45 heavy (non-hydrogen) atoms. The van der Waals surface area contributed by atoms with Crippen molar-refractivity contribution in [2.75, 3.05) is 44.0 Å². The fourth-order valence-electron chi connectivity index (χ4n) is 5.80. The Bertz CT molecular complexity index is 1480. The number of carbonyl (C=O) groups is 2. The van der Waals surface area contributed by atoms with Crippen molar-refractivity contribution in [1.29, 1.82) is 0 Å². The summed E-state index contributed by atoms with van der Waals surface area (Å²) in [5, 5.41) is 27.0. The van der Waals surface area contributed by atoms with Crippen LogP contribution in [0.15, 0.2) is 18.9 Å². The maximum atomic E-state index is 13.3. The summed E-state index contributed by atoms with van der Waals surface area (Å²) in [5.41, 5.74) is 1.15. The summed E-state index contributed by atoms with van der Waals surface area (Å²) in [6, 6.07) is -2.37. The Morgan fingerprint density at radius 2 is 2.04 bits per heavy atom. The molecule has 0 radical (unpaired) electrons. The third-order valence-electron chi connectivity index (χ3n) is 8.28. The van der Waals surface area contributed by atoms with Gasteiger partial charge in [-0.05, 0) is 26.9 Å². The highest BCUT2D eigenvalue weighted by molar-refractivity contribution is 5.85. The third kappa shape index (κ3) is 6.96. The lowest BCUT2D eigenvalue weighted by molar-refractivity contribution is -0.209. The van der Waals surface area contributed by atoms with E-state index in [2.05, 4.69) is 30.5 Å². The molecule has 1 aliphatic heterocycles. The molecule has 2 aliphatic rings. The SMILES string of the molecule is CCC(=O)NC1C[C@@H](n2cnc3c(N[C@H](CO)Cc4c[nH]cn4)nc(N4CC[C@@H](N(C)C)C4)nc32)[C@H](OC(=O)C(F)(F)F)[C@@H]1O. The van der Waals surface area contributed by atoms with Crippen LogP contribution in [0.1, 0.15) is 37.9 Å². The van der Waals surface area contributed by atoms with E-state index in [1.165, 1.54) is 17.2 Å². The average Bonchev–Trinajstić information content (AvgIpc) is 3.81. The molecule has 18 heteroatoms. The van der Waals surface area contributed by atoms with E-state index in [9.17, 15) is 33.0 Å². The number of aromatic amines is 1. The lowest BCUT2D eigenvalue weighted by atomic mass is 10.1. The van der Waals surface area contributed by atoms with Gasteiger partial charge in [-0.2, -0.15) is 23.1 Å². The molecule has 1 saturated carbocycles. The third-order valence-corrected chi connectivity index (χ3v) is 8.28. The van der Waals surface area contributed by atoms with E-state index in [0.717, 1.165) is 6.42 Å². The van der Waals surface area contributed by atoms with Crippen molar-refractivity contribution in [3.8, 4) is 0 Å². The van der Waals surface area contributed by atoms with Crippen molar-refractivity contribution in [2.45, 2.75) is 75.2 Å². The van der Waals surface area contributed by atoms with Crippen molar-refractivity contribution in [3.63, 3.8) is 0 Å². The van der Waals surface area contributed by atoms with Crippen LogP contribution in [0.5, 0.6) is 0 Å². The van der Waals surface area contributed by atoms with Gasteiger partial charge < -0.3 is 44.9 Å². The summed E-state index contributed by atoms with van der Waals surface area (Å²) in [6.45, 7) is 2.57. The van der Waals surface area contributed by atoms with Gasteiger partial charge in [-0.25, -0.2) is 14.8 Å². The van der Waals surface area contributed by atoms with E-state index in [0.29, 0.717) is 31.2 Å². The van der Waals surface area contributed by atoms with Crippen molar-refractivity contribution in [2.24, 2.45) is 0 Å². The maximum absolute atomic E-state index is 13.3. The monoisotopic (exact) mass is 638 g/mol. The summed E-state index contributed by atoms with van der Waals surface area (Å²) < 4.78 is 46.1. The number of amides is 1. The van der Waals surface area contributed by atoms with Crippen LogP contribution in [0.2, 0.25) is 0 Å². The lowest BCUT2D eigenvalue weighted by Crippen LogP contribution is -2.45. The predicted molar refractivity (Wildman–Crippen MR) is 154 cm³/mol. The highest BCUT2D eigenvalue weighted by atomic mass is 19.4. The van der Waals surface area contributed by atoms with Crippen LogP contribution in [0.4, 0.5) is 24.9 Å². The summed E-state index contributed by atoms with van der Waals surface area (Å²) in [4.78, 5) is 49.2. The highest BCUT2D eigenvalue weighted by Crippen LogP contribution is 2.38.